The number of rotatable bonds is 2. The first-order chi connectivity index (χ1) is 10.3. The van der Waals surface area contributed by atoms with Crippen LogP contribution in [0.15, 0.2) is 0 Å². The highest BCUT2D eigenvalue weighted by molar-refractivity contribution is 5.80. The third-order valence-corrected chi connectivity index (χ3v) is 7.42. The molecular weight excluding hydrogens is 276 g/mol. The molecule has 2 aliphatic carbocycles. The molecule has 1 saturated heterocycles. The van der Waals surface area contributed by atoms with Crippen molar-refractivity contribution in [2.45, 2.75) is 65.8 Å². The molecule has 3 rings (SSSR count). The number of nitrogens with one attached hydrogen (secondary N) is 1. The summed E-state index contributed by atoms with van der Waals surface area (Å²) in [5, 5.41) is 3.38. The van der Waals surface area contributed by atoms with Crippen LogP contribution in [-0.2, 0) is 9.59 Å². The van der Waals surface area contributed by atoms with Crippen LogP contribution in [-0.4, -0.2) is 35.8 Å². The van der Waals surface area contributed by atoms with Gasteiger partial charge in [-0.15, -0.1) is 0 Å². The van der Waals surface area contributed by atoms with Gasteiger partial charge in [0.05, 0.1) is 0 Å². The normalized spacial score (nSPS) is 37.4. The molecule has 2 bridgehead atoms. The Morgan fingerprint density at radius 1 is 1.09 bits per heavy atom. The third-order valence-electron chi connectivity index (χ3n) is 7.42. The highest BCUT2D eigenvalue weighted by Gasteiger charge is 2.61. The second-order valence-electron chi connectivity index (χ2n) is 8.45. The van der Waals surface area contributed by atoms with E-state index in [2.05, 4.69) is 26.1 Å². The highest BCUT2D eigenvalue weighted by Crippen LogP contribution is 2.65. The lowest BCUT2D eigenvalue weighted by molar-refractivity contribution is -0.134. The number of likely N-dealkylation sites (tertiary alicyclic amines) is 1. The van der Waals surface area contributed by atoms with E-state index in [9.17, 15) is 9.59 Å². The van der Waals surface area contributed by atoms with Crippen molar-refractivity contribution in [3.05, 3.63) is 0 Å². The number of nitrogens with zero attached hydrogens (tertiary/aromatic N) is 1. The Balaban J connectivity index is 1.59. The molecule has 0 radical (unpaired) electrons. The Labute approximate surface area is 134 Å². The zero-order valence-electron chi connectivity index (χ0n) is 14.4. The average Bonchev–Trinajstić information content (AvgIpc) is 2.80. The number of hydrogen-bond donors (Lipinski definition) is 1. The van der Waals surface area contributed by atoms with Gasteiger partial charge in [-0.05, 0) is 48.9 Å². The van der Waals surface area contributed by atoms with Crippen molar-refractivity contribution in [2.24, 2.45) is 22.7 Å². The predicted molar refractivity (Wildman–Crippen MR) is 86.1 cm³/mol. The number of carbonyl (C=O) groups is 2. The summed E-state index contributed by atoms with van der Waals surface area (Å²) in [4.78, 5) is 25.9. The molecule has 1 N–H and O–H groups in total. The second kappa shape index (κ2) is 5.24. The van der Waals surface area contributed by atoms with E-state index in [1.54, 1.807) is 6.92 Å². The van der Waals surface area contributed by atoms with Crippen LogP contribution in [0.5, 0.6) is 0 Å². The van der Waals surface area contributed by atoms with Crippen LogP contribution in [0.3, 0.4) is 0 Å². The Morgan fingerprint density at radius 2 is 1.73 bits per heavy atom. The van der Waals surface area contributed by atoms with Crippen molar-refractivity contribution in [1.29, 1.82) is 0 Å². The SMILES string of the molecule is CC(=O)N1CCC(C(=O)N[C@H]2C[C@H]3CC[C@@]2(C)C3(C)C)CC1. The first kappa shape index (κ1) is 15.8. The van der Waals surface area contributed by atoms with Gasteiger partial charge in [0.1, 0.15) is 0 Å². The van der Waals surface area contributed by atoms with Gasteiger partial charge in [-0.1, -0.05) is 20.8 Å². The van der Waals surface area contributed by atoms with Crippen molar-refractivity contribution in [1.82, 2.24) is 10.2 Å². The maximum atomic E-state index is 12.6. The van der Waals surface area contributed by atoms with E-state index >= 15 is 0 Å². The second-order valence-corrected chi connectivity index (χ2v) is 8.45. The van der Waals surface area contributed by atoms with Crippen LogP contribution in [0.25, 0.3) is 0 Å². The average molecular weight is 306 g/mol. The van der Waals surface area contributed by atoms with Crippen LogP contribution in [0, 0.1) is 22.7 Å². The summed E-state index contributed by atoms with van der Waals surface area (Å²) in [5.74, 6) is 1.18. The van der Waals surface area contributed by atoms with Crippen LogP contribution in [0.2, 0.25) is 0 Å². The van der Waals surface area contributed by atoms with Gasteiger partial charge in [0.2, 0.25) is 11.8 Å². The quantitative estimate of drug-likeness (QED) is 0.852. The molecule has 1 heterocycles. The van der Waals surface area contributed by atoms with E-state index in [0.29, 0.717) is 11.5 Å². The Hall–Kier alpha value is -1.06. The highest BCUT2D eigenvalue weighted by atomic mass is 16.2. The van der Waals surface area contributed by atoms with E-state index < -0.39 is 0 Å². The fourth-order valence-electron chi connectivity index (χ4n) is 5.17. The molecule has 1 aliphatic heterocycles. The standard InChI is InChI=1S/C18H30N2O2/c1-12(21)20-9-6-13(7-10-20)16(22)19-15-11-14-5-8-18(15,4)17(14,2)3/h13-15H,5-11H2,1-4H3,(H,19,22)/t14-,15+,18-/m1/s1. The third kappa shape index (κ3) is 2.26. The van der Waals surface area contributed by atoms with Crippen LogP contribution in [0.1, 0.15) is 59.8 Å². The molecular formula is C18H30N2O2. The van der Waals surface area contributed by atoms with E-state index in [4.69, 9.17) is 0 Å². The fraction of sp³-hybridized carbons (Fsp3) is 0.889. The Bertz CT molecular complexity index is 479. The molecule has 4 nitrogen and oxygen atoms in total. The number of piperidine rings is 1. The lowest BCUT2D eigenvalue weighted by Gasteiger charge is -2.40. The van der Waals surface area contributed by atoms with Crippen LogP contribution >= 0.6 is 0 Å². The predicted octanol–water partition coefficient (Wildman–Crippen LogP) is 2.58. The minimum Gasteiger partial charge on any atom is -0.353 e. The van der Waals surface area contributed by atoms with Crippen molar-refractivity contribution < 1.29 is 9.59 Å². The minimum atomic E-state index is 0.0847. The van der Waals surface area contributed by atoms with Gasteiger partial charge < -0.3 is 10.2 Å². The zero-order valence-corrected chi connectivity index (χ0v) is 14.4. The number of carbonyl (C=O) groups excluding carboxylic acids is 2. The molecule has 0 aromatic carbocycles. The summed E-state index contributed by atoms with van der Waals surface area (Å²) in [7, 11) is 0. The largest absolute Gasteiger partial charge is 0.353 e. The zero-order chi connectivity index (χ0) is 16.1. The molecule has 2 amide bonds. The molecule has 3 atom stereocenters. The van der Waals surface area contributed by atoms with Crippen molar-refractivity contribution in [3.63, 3.8) is 0 Å². The first-order valence-corrected chi connectivity index (χ1v) is 8.81. The molecule has 0 aromatic heterocycles. The molecule has 0 unspecified atom stereocenters. The fourth-order valence-corrected chi connectivity index (χ4v) is 5.17. The lowest BCUT2D eigenvalue weighted by Crippen LogP contribution is -2.50. The summed E-state index contributed by atoms with van der Waals surface area (Å²) >= 11 is 0. The maximum Gasteiger partial charge on any atom is 0.223 e. The van der Waals surface area contributed by atoms with Gasteiger partial charge >= 0.3 is 0 Å². The van der Waals surface area contributed by atoms with Crippen molar-refractivity contribution >= 4 is 11.8 Å². The molecule has 0 spiro atoms. The molecule has 0 aromatic rings. The molecule has 3 fully saturated rings. The summed E-state index contributed by atoms with van der Waals surface area (Å²) in [5.41, 5.74) is 0.580. The van der Waals surface area contributed by atoms with Gasteiger partial charge in [-0.3, -0.25) is 9.59 Å². The Morgan fingerprint density at radius 3 is 2.18 bits per heavy atom. The van der Waals surface area contributed by atoms with Gasteiger partial charge in [0, 0.05) is 32.0 Å². The summed E-state index contributed by atoms with van der Waals surface area (Å²) < 4.78 is 0. The van der Waals surface area contributed by atoms with E-state index in [0.717, 1.165) is 38.3 Å². The number of amides is 2. The van der Waals surface area contributed by atoms with Crippen LogP contribution in [0.4, 0.5) is 0 Å². The summed E-state index contributed by atoms with van der Waals surface area (Å²) in [6.07, 6.45) is 5.30. The van der Waals surface area contributed by atoms with E-state index in [1.807, 2.05) is 4.90 Å². The van der Waals surface area contributed by atoms with E-state index in [1.165, 1.54) is 12.8 Å². The number of hydrogen-bond acceptors (Lipinski definition) is 2. The number of fused-ring (bicyclic) bond motifs is 2. The molecule has 2 saturated carbocycles. The summed E-state index contributed by atoms with van der Waals surface area (Å²) in [6.45, 7) is 10.2. The van der Waals surface area contributed by atoms with Gasteiger partial charge in [-0.25, -0.2) is 0 Å². The lowest BCUT2D eigenvalue weighted by atomic mass is 9.69. The van der Waals surface area contributed by atoms with Gasteiger partial charge in [-0.2, -0.15) is 0 Å². The van der Waals surface area contributed by atoms with Gasteiger partial charge in [0.25, 0.3) is 0 Å². The van der Waals surface area contributed by atoms with Crippen molar-refractivity contribution in [2.75, 3.05) is 13.1 Å². The Kier molecular flexibility index (Phi) is 3.77. The monoisotopic (exact) mass is 306 g/mol. The maximum absolute atomic E-state index is 12.6. The molecule has 22 heavy (non-hydrogen) atoms. The van der Waals surface area contributed by atoms with Gasteiger partial charge in [0.15, 0.2) is 0 Å². The van der Waals surface area contributed by atoms with Crippen molar-refractivity contribution in [3.8, 4) is 0 Å². The minimum absolute atomic E-state index is 0.0847. The molecule has 4 heteroatoms. The van der Waals surface area contributed by atoms with Crippen LogP contribution < -0.4 is 5.32 Å². The first-order valence-electron chi connectivity index (χ1n) is 8.81. The topological polar surface area (TPSA) is 49.4 Å². The summed E-state index contributed by atoms with van der Waals surface area (Å²) in [6, 6.07) is 0.333. The smallest absolute Gasteiger partial charge is 0.223 e. The van der Waals surface area contributed by atoms with E-state index in [-0.39, 0.29) is 23.1 Å². The molecule has 3 aliphatic rings. The molecule has 124 valence electrons.